The molecule has 1 aliphatic heterocycles. The van der Waals surface area contributed by atoms with Crippen molar-refractivity contribution < 1.29 is 46.5 Å². The molecule has 0 amide bonds. The van der Waals surface area contributed by atoms with E-state index in [0.29, 0.717) is 25.0 Å². The number of carbonyl (C=O) groups excluding carboxylic acids is 3. The maximum absolute atomic E-state index is 13.7. The predicted molar refractivity (Wildman–Crippen MR) is 129 cm³/mol. The van der Waals surface area contributed by atoms with Gasteiger partial charge in [0.25, 0.3) is 0 Å². The third-order valence-electron chi connectivity index (χ3n) is 8.56. The van der Waals surface area contributed by atoms with E-state index in [2.05, 4.69) is 0 Å². The molecule has 6 rings (SSSR count). The highest BCUT2D eigenvalue weighted by Crippen LogP contribution is 2.59. The molecule has 4 fully saturated rings. The van der Waals surface area contributed by atoms with E-state index in [1.165, 1.54) is 0 Å². The fourth-order valence-electron chi connectivity index (χ4n) is 6.79. The summed E-state index contributed by atoms with van der Waals surface area (Å²) in [4.78, 5) is 39.0. The molecule has 2 bridgehead atoms. The van der Waals surface area contributed by atoms with Crippen LogP contribution in [0.15, 0.2) is 48.5 Å². The number of benzene rings is 2. The van der Waals surface area contributed by atoms with Crippen LogP contribution in [0, 0.1) is 23.7 Å². The Bertz CT molecular complexity index is 1300. The summed E-state index contributed by atoms with van der Waals surface area (Å²) in [6, 6.07) is 11.4. The van der Waals surface area contributed by atoms with Crippen LogP contribution in [0.5, 0.6) is 11.5 Å². The van der Waals surface area contributed by atoms with Crippen LogP contribution < -0.4 is 9.47 Å². The molecular weight excluding hydrogens is 517 g/mol. The molecule has 0 radical (unpaired) electrons. The fourth-order valence-corrected chi connectivity index (χ4v) is 6.79. The molecule has 6 atom stereocenters. The van der Waals surface area contributed by atoms with Gasteiger partial charge in [0.2, 0.25) is 0 Å². The Morgan fingerprint density at radius 1 is 1.03 bits per heavy atom. The summed E-state index contributed by atoms with van der Waals surface area (Å²) < 4.78 is 63.8. The van der Waals surface area contributed by atoms with Gasteiger partial charge in [-0.3, -0.25) is 9.59 Å². The number of fused-ring (bicyclic) bond motifs is 1. The minimum absolute atomic E-state index is 0.119. The zero-order valence-corrected chi connectivity index (χ0v) is 21.1. The number of para-hydroxylation sites is 1. The molecule has 206 valence electrons. The fraction of sp³-hybridized carbons (Fsp3) is 0.483. The first-order valence-corrected chi connectivity index (χ1v) is 13.1. The van der Waals surface area contributed by atoms with Crippen molar-refractivity contribution in [2.75, 3.05) is 0 Å². The van der Waals surface area contributed by atoms with Crippen LogP contribution >= 0.6 is 0 Å². The number of hydrogen-bond acceptors (Lipinski definition) is 7. The molecule has 6 unspecified atom stereocenters. The van der Waals surface area contributed by atoms with Crippen molar-refractivity contribution in [3.63, 3.8) is 0 Å². The Hall–Kier alpha value is -3.56. The molecule has 1 saturated heterocycles. The van der Waals surface area contributed by atoms with E-state index >= 15 is 0 Å². The number of ether oxygens (including phenoxy) is 4. The number of esters is 3. The first-order chi connectivity index (χ1) is 18.5. The first-order valence-electron chi connectivity index (χ1n) is 13.1. The molecule has 4 aliphatic rings. The molecule has 2 aromatic carbocycles. The smallest absolute Gasteiger partial charge is 0.419 e. The second-order valence-corrected chi connectivity index (χ2v) is 11.1. The Kier molecular flexibility index (Phi) is 6.11. The van der Waals surface area contributed by atoms with Crippen molar-refractivity contribution >= 4 is 17.9 Å². The van der Waals surface area contributed by atoms with Crippen molar-refractivity contribution in [2.24, 2.45) is 23.7 Å². The minimum atomic E-state index is -4.67. The second kappa shape index (κ2) is 9.27. The molecule has 2 aromatic rings. The summed E-state index contributed by atoms with van der Waals surface area (Å²) in [5, 5.41) is 0. The maximum Gasteiger partial charge on any atom is 0.419 e. The van der Waals surface area contributed by atoms with Crippen LogP contribution in [-0.4, -0.2) is 35.7 Å². The van der Waals surface area contributed by atoms with Crippen LogP contribution in [0.2, 0.25) is 0 Å². The quantitative estimate of drug-likeness (QED) is 0.358. The van der Waals surface area contributed by atoms with E-state index in [1.54, 1.807) is 37.3 Å². The summed E-state index contributed by atoms with van der Waals surface area (Å²) in [6.45, 7) is 1.76. The van der Waals surface area contributed by atoms with Crippen molar-refractivity contribution in [1.82, 2.24) is 0 Å². The molecule has 3 aliphatic carbocycles. The van der Waals surface area contributed by atoms with Gasteiger partial charge in [-0.05, 0) is 69.4 Å². The zero-order valence-electron chi connectivity index (χ0n) is 21.1. The Morgan fingerprint density at radius 3 is 2.44 bits per heavy atom. The minimum Gasteiger partial charge on any atom is -0.487 e. The van der Waals surface area contributed by atoms with E-state index < -0.39 is 71.0 Å². The van der Waals surface area contributed by atoms with Crippen LogP contribution in [0.3, 0.4) is 0 Å². The van der Waals surface area contributed by atoms with Gasteiger partial charge in [0.05, 0.1) is 23.0 Å². The summed E-state index contributed by atoms with van der Waals surface area (Å²) >= 11 is 0. The van der Waals surface area contributed by atoms with Crippen LogP contribution in [-0.2, 0) is 25.2 Å². The van der Waals surface area contributed by atoms with E-state index in [9.17, 15) is 27.6 Å². The molecule has 0 spiro atoms. The largest absolute Gasteiger partial charge is 0.487 e. The lowest BCUT2D eigenvalue weighted by Gasteiger charge is -2.30. The summed E-state index contributed by atoms with van der Waals surface area (Å²) in [5.41, 5.74) is -1.85. The van der Waals surface area contributed by atoms with Gasteiger partial charge in [-0.1, -0.05) is 18.2 Å². The molecule has 3 saturated carbocycles. The molecule has 0 aromatic heterocycles. The average Bonchev–Trinajstić information content (AvgIpc) is 3.62. The van der Waals surface area contributed by atoms with Gasteiger partial charge in [0.1, 0.15) is 29.3 Å². The lowest BCUT2D eigenvalue weighted by molar-refractivity contribution is -0.149. The van der Waals surface area contributed by atoms with Gasteiger partial charge < -0.3 is 18.9 Å². The lowest BCUT2D eigenvalue weighted by Crippen LogP contribution is -2.44. The topological polar surface area (TPSA) is 88.1 Å². The highest BCUT2D eigenvalue weighted by molar-refractivity contribution is 5.91. The number of alkyl halides is 3. The number of carbonyl (C=O) groups is 3. The summed E-state index contributed by atoms with van der Waals surface area (Å²) in [6.07, 6.45) is -2.95. The highest BCUT2D eigenvalue weighted by atomic mass is 19.4. The van der Waals surface area contributed by atoms with E-state index in [0.717, 1.165) is 31.0 Å². The van der Waals surface area contributed by atoms with Crippen LogP contribution in [0.25, 0.3) is 0 Å². The number of halogens is 3. The van der Waals surface area contributed by atoms with Gasteiger partial charge in [-0.2, -0.15) is 13.2 Å². The van der Waals surface area contributed by atoms with Crippen LogP contribution in [0.4, 0.5) is 13.2 Å². The molecule has 1 heterocycles. The molecular formula is C29H27F3O7. The van der Waals surface area contributed by atoms with E-state index in [-0.39, 0.29) is 11.5 Å². The lowest BCUT2D eigenvalue weighted by atomic mass is 9.78. The average molecular weight is 545 g/mol. The van der Waals surface area contributed by atoms with Crippen molar-refractivity contribution in [2.45, 2.75) is 63.0 Å². The van der Waals surface area contributed by atoms with Gasteiger partial charge in [-0.15, -0.1) is 0 Å². The van der Waals surface area contributed by atoms with Crippen molar-refractivity contribution in [3.05, 3.63) is 59.7 Å². The predicted octanol–water partition coefficient (Wildman–Crippen LogP) is 5.36. The van der Waals surface area contributed by atoms with Crippen molar-refractivity contribution in [3.8, 4) is 11.5 Å². The van der Waals surface area contributed by atoms with Gasteiger partial charge in [0, 0.05) is 11.8 Å². The van der Waals surface area contributed by atoms with Gasteiger partial charge >= 0.3 is 24.1 Å². The zero-order chi connectivity index (χ0) is 27.5. The third kappa shape index (κ3) is 4.53. The standard InChI is InChI=1S/C29H27F3O7/c1-28(11-5-6-12-28)39-20-13-15(9-10-19(20)29(30,31)32)25(33)37-23-17-14-18-22(27(35)38-24(18)23)21(17)26(34)36-16-7-3-2-4-8-16/h2-4,7-10,13,17-18,21-24H,5-6,11-12,14H2,1H3. The monoisotopic (exact) mass is 544 g/mol. The molecule has 7 nitrogen and oxygen atoms in total. The summed E-state index contributed by atoms with van der Waals surface area (Å²) in [7, 11) is 0. The molecule has 10 heteroatoms. The Balaban J connectivity index is 1.24. The second-order valence-electron chi connectivity index (χ2n) is 11.1. The normalized spacial score (nSPS) is 30.2. The first kappa shape index (κ1) is 25.7. The van der Waals surface area contributed by atoms with E-state index in [1.807, 2.05) is 0 Å². The SMILES string of the molecule is CC1(Oc2cc(C(=O)OC3C4CC5C3OC(=O)C5C4C(=O)Oc3ccccc3)ccc2C(F)(F)F)CCCC1. The van der Waals surface area contributed by atoms with E-state index in [4.69, 9.17) is 18.9 Å². The van der Waals surface area contributed by atoms with Gasteiger partial charge in [0.15, 0.2) is 0 Å². The summed E-state index contributed by atoms with van der Waals surface area (Å²) in [5.74, 6) is -4.46. The number of rotatable bonds is 6. The molecule has 39 heavy (non-hydrogen) atoms. The van der Waals surface area contributed by atoms with Gasteiger partial charge in [-0.25, -0.2) is 4.79 Å². The maximum atomic E-state index is 13.7. The third-order valence-corrected chi connectivity index (χ3v) is 8.56. The Morgan fingerprint density at radius 2 is 1.74 bits per heavy atom. The highest BCUT2D eigenvalue weighted by Gasteiger charge is 2.70. The van der Waals surface area contributed by atoms with Crippen LogP contribution in [0.1, 0.15) is 54.9 Å². The number of hydrogen-bond donors (Lipinski definition) is 0. The Labute approximate surface area is 222 Å². The molecule has 0 N–H and O–H groups in total. The van der Waals surface area contributed by atoms with Crippen molar-refractivity contribution in [1.29, 1.82) is 0 Å².